The van der Waals surface area contributed by atoms with Gasteiger partial charge in [0.2, 0.25) is 17.6 Å². The predicted octanol–water partition coefficient (Wildman–Crippen LogP) is 1.49. The summed E-state index contributed by atoms with van der Waals surface area (Å²) in [5.41, 5.74) is 9.22. The number of ether oxygens (including phenoxy) is 2. The first kappa shape index (κ1) is 46.6. The third-order valence-corrected chi connectivity index (χ3v) is 8.03. The number of nitrogens with one attached hydrogen (secondary N) is 6. The van der Waals surface area contributed by atoms with Crippen molar-refractivity contribution in [3.8, 4) is 0 Å². The molecule has 0 aromatic rings. The molecule has 0 bridgehead atoms. The lowest BCUT2D eigenvalue weighted by atomic mass is 9.95. The molecule has 2 unspecified atom stereocenters. The summed E-state index contributed by atoms with van der Waals surface area (Å²) in [5, 5.41) is 4.09. The minimum Gasteiger partial charge on any atom is -0.468 e. The number of ketones is 2. The summed E-state index contributed by atoms with van der Waals surface area (Å²) >= 11 is 0. The van der Waals surface area contributed by atoms with Gasteiger partial charge in [0.25, 0.3) is 5.78 Å². The van der Waals surface area contributed by atoms with Crippen LogP contribution in [-0.4, -0.2) is 90.1 Å². The first-order valence-electron chi connectivity index (χ1n) is 16.8. The van der Waals surface area contributed by atoms with Gasteiger partial charge in [-0.1, -0.05) is 68.2 Å². The highest BCUT2D eigenvalue weighted by molar-refractivity contribution is 6.36. The second-order valence-electron chi connectivity index (χ2n) is 14.1. The largest absolute Gasteiger partial charge is 0.468 e. The zero-order valence-electron chi connectivity index (χ0n) is 31.5. The van der Waals surface area contributed by atoms with E-state index in [4.69, 9.17) is 9.47 Å². The van der Waals surface area contributed by atoms with Crippen LogP contribution in [0.1, 0.15) is 95.9 Å². The molecule has 0 aromatic heterocycles. The van der Waals surface area contributed by atoms with Crippen molar-refractivity contribution >= 4 is 41.2 Å². The number of carbonyl (C=O) groups is 7. The molecule has 0 radical (unpaired) electrons. The van der Waals surface area contributed by atoms with Gasteiger partial charge in [-0.25, -0.2) is 26.5 Å². The fourth-order valence-electron chi connectivity index (χ4n) is 4.38. The molecule has 3 amide bonds. The Morgan fingerprint density at radius 3 is 1.56 bits per heavy atom. The Labute approximate surface area is 293 Å². The lowest BCUT2D eigenvalue weighted by molar-refractivity contribution is -0.164. The van der Waals surface area contributed by atoms with Crippen LogP contribution in [0.4, 0.5) is 8.78 Å². The first-order valence-corrected chi connectivity index (χ1v) is 16.8. The Hall–Kier alpha value is -3.41. The number of halogens is 2. The van der Waals surface area contributed by atoms with E-state index in [-0.39, 0.29) is 5.92 Å². The normalized spacial score (nSPS) is 16.3. The molecule has 15 nitrogen and oxygen atoms in total. The number of esters is 2. The highest BCUT2D eigenvalue weighted by atomic mass is 19.3. The van der Waals surface area contributed by atoms with E-state index in [2.05, 4.69) is 27.0 Å². The Bertz CT molecular complexity index is 1210. The Morgan fingerprint density at radius 1 is 0.660 bits per heavy atom. The Kier molecular flexibility index (Phi) is 19.0. The number of imide groups is 1. The van der Waals surface area contributed by atoms with Crippen LogP contribution >= 0.6 is 0 Å². The molecular weight excluding hydrogens is 662 g/mol. The number of Topliss-reactive ketones (excluding diaryl/α,β-unsaturated/α-hetero) is 2. The summed E-state index contributed by atoms with van der Waals surface area (Å²) in [6, 6.07) is -6.37. The van der Waals surface area contributed by atoms with Gasteiger partial charge in [0.1, 0.15) is 29.8 Å². The number of methoxy groups -OCH3 is 1. The van der Waals surface area contributed by atoms with Gasteiger partial charge < -0.3 is 14.8 Å². The molecule has 6 N–H and O–H groups in total. The van der Waals surface area contributed by atoms with E-state index in [0.29, 0.717) is 12.8 Å². The smallest absolute Gasteiger partial charge is 0.383 e. The Morgan fingerprint density at radius 2 is 1.12 bits per heavy atom. The summed E-state index contributed by atoms with van der Waals surface area (Å²) in [6.07, 6.45) is 0.968. The number of hydrogen-bond acceptors (Lipinski definition) is 13. The molecule has 0 saturated heterocycles. The van der Waals surface area contributed by atoms with Crippen LogP contribution in [0.25, 0.3) is 0 Å². The van der Waals surface area contributed by atoms with Crippen molar-refractivity contribution in [1.82, 2.24) is 32.3 Å². The van der Waals surface area contributed by atoms with Crippen LogP contribution in [0.2, 0.25) is 0 Å². The number of rotatable bonds is 21. The summed E-state index contributed by atoms with van der Waals surface area (Å²) in [6.45, 7) is 19.1. The SMILES string of the molecule is CC[C@H](C)C(NN[C@@H](C)C(=O)C(F)(F)C(=O)NC(=O)[C@@H](NNC(C(=O)OC)[C@@H](C)CC)C(C)C)C(=O)N[C@H](C(=O)C(=O)OC(C)(C)C)C(C)C. The van der Waals surface area contributed by atoms with Crippen LogP contribution in [-0.2, 0) is 43.0 Å². The molecule has 0 heterocycles. The van der Waals surface area contributed by atoms with E-state index < -0.39 is 101 Å². The van der Waals surface area contributed by atoms with E-state index in [9.17, 15) is 33.6 Å². The zero-order valence-corrected chi connectivity index (χ0v) is 31.5. The second kappa shape index (κ2) is 20.4. The van der Waals surface area contributed by atoms with Gasteiger partial charge in [0.05, 0.1) is 13.2 Å². The van der Waals surface area contributed by atoms with Crippen LogP contribution in [0.15, 0.2) is 0 Å². The number of hydrogen-bond donors (Lipinski definition) is 6. The number of amides is 3. The molecule has 0 fully saturated rings. The fourth-order valence-corrected chi connectivity index (χ4v) is 4.38. The monoisotopic (exact) mass is 720 g/mol. The third kappa shape index (κ3) is 14.1. The van der Waals surface area contributed by atoms with Crippen LogP contribution in [0.5, 0.6) is 0 Å². The first-order chi connectivity index (χ1) is 22.9. The van der Waals surface area contributed by atoms with Crippen LogP contribution in [0.3, 0.4) is 0 Å². The molecule has 7 atom stereocenters. The molecule has 0 aromatic carbocycles. The van der Waals surface area contributed by atoms with Gasteiger partial charge in [0.15, 0.2) is 0 Å². The maximum Gasteiger partial charge on any atom is 0.383 e. The minimum atomic E-state index is -4.68. The molecule has 50 heavy (non-hydrogen) atoms. The van der Waals surface area contributed by atoms with Gasteiger partial charge in [-0.15, -0.1) is 0 Å². The fraction of sp³-hybridized carbons (Fsp3) is 0.788. The topological polar surface area (TPSA) is 210 Å². The van der Waals surface area contributed by atoms with Crippen molar-refractivity contribution in [3.63, 3.8) is 0 Å². The maximum atomic E-state index is 15.1. The van der Waals surface area contributed by atoms with Crippen molar-refractivity contribution < 1.29 is 51.8 Å². The number of hydrazine groups is 2. The summed E-state index contributed by atoms with van der Waals surface area (Å²) in [4.78, 5) is 89.0. The molecule has 17 heteroatoms. The standard InChI is InChI=1S/C33H58F2N6O9/c1-14-18(7)23(28(45)36-21(16(3)4)25(42)30(47)50-32(10,11)12)40-38-20(9)26(43)33(34,35)31(48)37-27(44)22(17(5)6)39-41-24(19(8)15-2)29(46)49-13/h16-24,38-41H,14-15H2,1-13H3,(H,36,45)(H,37,44,48)/t18-,19-,20-,21-,22-,23?,24?/m0/s1. The molecule has 0 saturated carbocycles. The highest BCUT2D eigenvalue weighted by Gasteiger charge is 2.50. The third-order valence-electron chi connectivity index (χ3n) is 8.03. The van der Waals surface area contributed by atoms with Crippen LogP contribution in [0, 0.1) is 23.7 Å². The average Bonchev–Trinajstić information content (AvgIpc) is 3.02. The molecule has 0 aliphatic heterocycles. The number of alkyl halides is 2. The average molecular weight is 721 g/mol. The molecule has 0 aliphatic carbocycles. The van der Waals surface area contributed by atoms with Gasteiger partial charge in [0, 0.05) is 0 Å². The number of carbonyl (C=O) groups excluding carboxylic acids is 7. The zero-order chi connectivity index (χ0) is 39.3. The summed E-state index contributed by atoms with van der Waals surface area (Å²) in [5.74, 6) is -15.2. The van der Waals surface area contributed by atoms with E-state index in [1.807, 2.05) is 6.92 Å². The van der Waals surface area contributed by atoms with Crippen molar-refractivity contribution in [1.29, 1.82) is 0 Å². The van der Waals surface area contributed by atoms with Crippen molar-refractivity contribution in [3.05, 3.63) is 0 Å². The summed E-state index contributed by atoms with van der Waals surface area (Å²) in [7, 11) is 1.19. The van der Waals surface area contributed by atoms with Gasteiger partial charge in [-0.2, -0.15) is 8.78 Å². The lowest BCUT2D eigenvalue weighted by Gasteiger charge is -2.29. The van der Waals surface area contributed by atoms with Gasteiger partial charge in [-0.05, 0) is 51.4 Å². The molecule has 0 spiro atoms. The van der Waals surface area contributed by atoms with Crippen LogP contribution < -0.4 is 32.3 Å². The van der Waals surface area contributed by atoms with Gasteiger partial charge >= 0.3 is 23.8 Å². The molecule has 288 valence electrons. The molecule has 0 aliphatic rings. The highest BCUT2D eigenvalue weighted by Crippen LogP contribution is 2.19. The van der Waals surface area contributed by atoms with E-state index in [1.165, 1.54) is 7.11 Å². The van der Waals surface area contributed by atoms with Crippen molar-refractivity contribution in [2.24, 2.45) is 23.7 Å². The Balaban J connectivity index is 5.74. The molecule has 0 rings (SSSR count). The summed E-state index contributed by atoms with van der Waals surface area (Å²) < 4.78 is 40.1. The maximum absolute atomic E-state index is 15.1. The molecular formula is C33H58F2N6O9. The second-order valence-corrected chi connectivity index (χ2v) is 14.1. The lowest BCUT2D eigenvalue weighted by Crippen LogP contribution is -2.63. The predicted molar refractivity (Wildman–Crippen MR) is 180 cm³/mol. The van der Waals surface area contributed by atoms with Crippen molar-refractivity contribution in [2.45, 2.75) is 138 Å². The van der Waals surface area contributed by atoms with Gasteiger partial charge in [-0.3, -0.25) is 34.1 Å². The van der Waals surface area contributed by atoms with E-state index >= 15 is 8.78 Å². The van der Waals surface area contributed by atoms with Crippen molar-refractivity contribution in [2.75, 3.05) is 7.11 Å². The van der Waals surface area contributed by atoms with E-state index in [1.54, 1.807) is 74.6 Å². The quantitative estimate of drug-likeness (QED) is 0.0430. The minimum absolute atomic E-state index is 0.237. The van der Waals surface area contributed by atoms with E-state index in [0.717, 1.165) is 6.92 Å².